The van der Waals surface area contributed by atoms with Crippen LogP contribution in [-0.4, -0.2) is 14.5 Å². The number of benzene rings is 1. The molecule has 1 aromatic carbocycles. The highest BCUT2D eigenvalue weighted by molar-refractivity contribution is 9.10. The molecule has 0 fully saturated rings. The van der Waals surface area contributed by atoms with Crippen molar-refractivity contribution in [2.45, 2.75) is 17.9 Å². The minimum atomic E-state index is -3.78. The average molecular weight is 323 g/mol. The van der Waals surface area contributed by atoms with Gasteiger partial charge in [0.05, 0.1) is 10.2 Å². The fraction of sp³-hybridized carbons (Fsp3) is 0.200. The van der Waals surface area contributed by atoms with Crippen molar-refractivity contribution in [2.75, 3.05) is 5.73 Å². The van der Waals surface area contributed by atoms with E-state index in [0.717, 1.165) is 12.1 Å². The number of hydrogen-bond donors (Lipinski definition) is 2. The van der Waals surface area contributed by atoms with Crippen LogP contribution in [0.4, 0.5) is 10.1 Å². The first-order chi connectivity index (χ1) is 7.77. The Morgan fingerprint density at radius 1 is 1.59 bits per heavy atom. The Labute approximate surface area is 108 Å². The molecule has 0 bridgehead atoms. The van der Waals surface area contributed by atoms with Gasteiger partial charge in [0.1, 0.15) is 10.7 Å². The summed E-state index contributed by atoms with van der Waals surface area (Å²) in [6.07, 6.45) is 1.44. The molecular formula is C10H12BrFN2O2S. The first-order valence-corrected chi connectivity index (χ1v) is 6.95. The minimum Gasteiger partial charge on any atom is -0.398 e. The van der Waals surface area contributed by atoms with Crippen LogP contribution in [-0.2, 0) is 10.0 Å². The van der Waals surface area contributed by atoms with E-state index >= 15 is 0 Å². The van der Waals surface area contributed by atoms with Crippen molar-refractivity contribution in [3.63, 3.8) is 0 Å². The molecule has 17 heavy (non-hydrogen) atoms. The van der Waals surface area contributed by atoms with E-state index < -0.39 is 21.9 Å². The number of halogens is 2. The summed E-state index contributed by atoms with van der Waals surface area (Å²) in [6, 6.07) is 1.64. The van der Waals surface area contributed by atoms with Gasteiger partial charge in [-0.05, 0) is 35.0 Å². The Bertz CT molecular complexity index is 545. The Balaban J connectivity index is 3.24. The predicted molar refractivity (Wildman–Crippen MR) is 68.5 cm³/mol. The van der Waals surface area contributed by atoms with E-state index in [1.54, 1.807) is 6.92 Å². The highest BCUT2D eigenvalue weighted by Crippen LogP contribution is 2.26. The normalized spacial score (nSPS) is 13.4. The zero-order valence-electron chi connectivity index (χ0n) is 9.07. The summed E-state index contributed by atoms with van der Waals surface area (Å²) in [4.78, 5) is -0.167. The minimum absolute atomic E-state index is 0.0401. The quantitative estimate of drug-likeness (QED) is 0.658. The van der Waals surface area contributed by atoms with E-state index in [1.165, 1.54) is 6.08 Å². The van der Waals surface area contributed by atoms with Crippen LogP contribution in [0.15, 0.2) is 34.2 Å². The number of nitrogens with two attached hydrogens (primary N) is 1. The fourth-order valence-corrected chi connectivity index (χ4v) is 2.98. The van der Waals surface area contributed by atoms with Crippen molar-refractivity contribution in [3.8, 4) is 0 Å². The Morgan fingerprint density at radius 3 is 2.71 bits per heavy atom. The second-order valence-electron chi connectivity index (χ2n) is 3.45. The summed E-state index contributed by atoms with van der Waals surface area (Å²) in [5.41, 5.74) is 5.34. The third-order valence-electron chi connectivity index (χ3n) is 2.04. The van der Waals surface area contributed by atoms with Gasteiger partial charge < -0.3 is 5.73 Å². The molecule has 0 radical (unpaired) electrons. The molecule has 0 heterocycles. The maximum atomic E-state index is 13.1. The molecule has 1 aromatic rings. The summed E-state index contributed by atoms with van der Waals surface area (Å²) in [6.45, 7) is 5.09. The van der Waals surface area contributed by atoms with Crippen LogP contribution in [0.25, 0.3) is 0 Å². The SMILES string of the molecule is C=CC(C)NS(=O)(=O)c1cc(Br)c(F)cc1N. The molecule has 1 rings (SSSR count). The van der Waals surface area contributed by atoms with Gasteiger partial charge in [0.2, 0.25) is 10.0 Å². The van der Waals surface area contributed by atoms with Crippen LogP contribution in [0.1, 0.15) is 6.92 Å². The van der Waals surface area contributed by atoms with Gasteiger partial charge >= 0.3 is 0 Å². The molecular weight excluding hydrogens is 311 g/mol. The molecule has 0 spiro atoms. The molecule has 0 saturated heterocycles. The van der Waals surface area contributed by atoms with Crippen LogP contribution in [0.3, 0.4) is 0 Å². The van der Waals surface area contributed by atoms with E-state index in [2.05, 4.69) is 27.2 Å². The smallest absolute Gasteiger partial charge is 0.243 e. The van der Waals surface area contributed by atoms with E-state index in [4.69, 9.17) is 5.73 Å². The summed E-state index contributed by atoms with van der Waals surface area (Å²) in [5.74, 6) is -0.613. The molecule has 0 aliphatic rings. The zero-order valence-corrected chi connectivity index (χ0v) is 11.5. The standard InChI is InChI=1S/C10H12BrFN2O2S/c1-3-6(2)14-17(15,16)10-4-7(11)8(12)5-9(10)13/h3-6,14H,1,13H2,2H3. The van der Waals surface area contributed by atoms with Crippen molar-refractivity contribution in [1.29, 1.82) is 0 Å². The molecule has 1 unspecified atom stereocenters. The van der Waals surface area contributed by atoms with Crippen molar-refractivity contribution in [1.82, 2.24) is 4.72 Å². The van der Waals surface area contributed by atoms with Gasteiger partial charge in [-0.1, -0.05) is 6.08 Å². The van der Waals surface area contributed by atoms with E-state index in [9.17, 15) is 12.8 Å². The molecule has 1 atom stereocenters. The highest BCUT2D eigenvalue weighted by atomic mass is 79.9. The summed E-state index contributed by atoms with van der Waals surface area (Å²) < 4.78 is 39.3. The van der Waals surface area contributed by atoms with Gasteiger partial charge in [-0.3, -0.25) is 0 Å². The first-order valence-electron chi connectivity index (χ1n) is 4.67. The Hall–Kier alpha value is -0.920. The van der Waals surface area contributed by atoms with Gasteiger partial charge in [0.25, 0.3) is 0 Å². The number of nitrogen functional groups attached to an aromatic ring is 1. The molecule has 0 aliphatic carbocycles. The van der Waals surface area contributed by atoms with Crippen molar-refractivity contribution in [3.05, 3.63) is 35.1 Å². The largest absolute Gasteiger partial charge is 0.398 e. The number of hydrogen-bond acceptors (Lipinski definition) is 3. The molecule has 0 saturated carbocycles. The lowest BCUT2D eigenvalue weighted by Crippen LogP contribution is -2.31. The molecule has 4 nitrogen and oxygen atoms in total. The lowest BCUT2D eigenvalue weighted by Gasteiger charge is -2.12. The molecule has 0 aromatic heterocycles. The number of sulfonamides is 1. The van der Waals surface area contributed by atoms with Crippen molar-refractivity contribution >= 4 is 31.6 Å². The molecule has 0 amide bonds. The Kier molecular flexibility index (Phi) is 4.29. The van der Waals surface area contributed by atoms with Crippen LogP contribution in [0.5, 0.6) is 0 Å². The first kappa shape index (κ1) is 14.1. The van der Waals surface area contributed by atoms with Crippen molar-refractivity contribution in [2.24, 2.45) is 0 Å². The zero-order chi connectivity index (χ0) is 13.2. The van der Waals surface area contributed by atoms with Gasteiger partial charge in [-0.15, -0.1) is 6.58 Å². The number of nitrogens with one attached hydrogen (secondary N) is 1. The Morgan fingerprint density at radius 2 is 2.18 bits per heavy atom. The van der Waals surface area contributed by atoms with E-state index in [1.807, 2.05) is 0 Å². The van der Waals surface area contributed by atoms with Gasteiger partial charge in [0.15, 0.2) is 0 Å². The van der Waals surface area contributed by atoms with Crippen LogP contribution in [0.2, 0.25) is 0 Å². The summed E-state index contributed by atoms with van der Waals surface area (Å²) >= 11 is 2.91. The fourth-order valence-electron chi connectivity index (χ4n) is 1.13. The molecule has 0 aliphatic heterocycles. The van der Waals surface area contributed by atoms with Crippen LogP contribution in [0, 0.1) is 5.82 Å². The molecule has 7 heteroatoms. The third-order valence-corrected chi connectivity index (χ3v) is 4.26. The highest BCUT2D eigenvalue weighted by Gasteiger charge is 2.20. The van der Waals surface area contributed by atoms with Crippen LogP contribution >= 0.6 is 15.9 Å². The van der Waals surface area contributed by atoms with Gasteiger partial charge in [0, 0.05) is 6.04 Å². The van der Waals surface area contributed by atoms with Crippen molar-refractivity contribution < 1.29 is 12.8 Å². The third kappa shape index (κ3) is 3.27. The van der Waals surface area contributed by atoms with Gasteiger partial charge in [-0.25, -0.2) is 17.5 Å². The lowest BCUT2D eigenvalue weighted by molar-refractivity contribution is 0.575. The second-order valence-corrected chi connectivity index (χ2v) is 5.99. The monoisotopic (exact) mass is 322 g/mol. The topological polar surface area (TPSA) is 72.2 Å². The number of rotatable bonds is 4. The molecule has 3 N–H and O–H groups in total. The predicted octanol–water partition coefficient (Wildman–Crippen LogP) is 2.02. The second kappa shape index (κ2) is 5.16. The summed E-state index contributed by atoms with van der Waals surface area (Å²) in [5, 5.41) is 0. The van der Waals surface area contributed by atoms with Gasteiger partial charge in [-0.2, -0.15) is 0 Å². The maximum absolute atomic E-state index is 13.1. The molecule has 94 valence electrons. The van der Waals surface area contributed by atoms with E-state index in [0.29, 0.717) is 0 Å². The summed E-state index contributed by atoms with van der Waals surface area (Å²) in [7, 11) is -3.78. The van der Waals surface area contributed by atoms with Crippen LogP contribution < -0.4 is 10.5 Å². The number of anilines is 1. The van der Waals surface area contributed by atoms with E-state index in [-0.39, 0.29) is 15.1 Å². The maximum Gasteiger partial charge on any atom is 0.243 e. The lowest BCUT2D eigenvalue weighted by atomic mass is 10.3. The average Bonchev–Trinajstić information content (AvgIpc) is 2.22.